The van der Waals surface area contributed by atoms with Crippen LogP contribution in [-0.2, 0) is 23.8 Å². The van der Waals surface area contributed by atoms with Gasteiger partial charge in [0, 0.05) is 13.5 Å². The van der Waals surface area contributed by atoms with Gasteiger partial charge in [-0.25, -0.2) is 0 Å². The Morgan fingerprint density at radius 1 is 1.05 bits per heavy atom. The maximum Gasteiger partial charge on any atom is 0.323 e. The third-order valence-corrected chi connectivity index (χ3v) is 3.03. The molecule has 0 spiro atoms. The normalized spacial score (nSPS) is 13.1. The molecular formula is C15H28O6. The van der Waals surface area contributed by atoms with E-state index < -0.39 is 23.5 Å². The SMILES string of the molecule is CCOC(=O)C(CC(C)C)(CC(O)COC)C(=O)OCC. The first kappa shape index (κ1) is 19.9. The molecule has 0 aromatic rings. The molecule has 1 atom stereocenters. The third-order valence-electron chi connectivity index (χ3n) is 3.03. The molecule has 0 saturated carbocycles. The van der Waals surface area contributed by atoms with E-state index in [1.165, 1.54) is 7.11 Å². The average Bonchev–Trinajstić information content (AvgIpc) is 2.38. The molecule has 0 aliphatic heterocycles. The molecule has 0 saturated heterocycles. The zero-order valence-electron chi connectivity index (χ0n) is 13.7. The lowest BCUT2D eigenvalue weighted by Crippen LogP contribution is -2.46. The number of hydrogen-bond acceptors (Lipinski definition) is 6. The van der Waals surface area contributed by atoms with E-state index in [4.69, 9.17) is 14.2 Å². The minimum Gasteiger partial charge on any atom is -0.465 e. The van der Waals surface area contributed by atoms with Crippen LogP contribution in [0.5, 0.6) is 0 Å². The summed E-state index contributed by atoms with van der Waals surface area (Å²) in [6.45, 7) is 7.52. The van der Waals surface area contributed by atoms with Gasteiger partial charge in [0.05, 0.1) is 25.9 Å². The van der Waals surface area contributed by atoms with E-state index in [9.17, 15) is 14.7 Å². The van der Waals surface area contributed by atoms with Crippen LogP contribution in [-0.4, -0.2) is 50.1 Å². The number of aliphatic hydroxyl groups excluding tert-OH is 1. The molecule has 0 aromatic carbocycles. The molecule has 21 heavy (non-hydrogen) atoms. The lowest BCUT2D eigenvalue weighted by molar-refractivity contribution is -0.176. The van der Waals surface area contributed by atoms with Gasteiger partial charge in [0.15, 0.2) is 5.41 Å². The Morgan fingerprint density at radius 3 is 1.86 bits per heavy atom. The van der Waals surface area contributed by atoms with Crippen molar-refractivity contribution in [3.05, 3.63) is 0 Å². The number of hydrogen-bond donors (Lipinski definition) is 1. The van der Waals surface area contributed by atoms with E-state index in [2.05, 4.69) is 0 Å². The Bertz CT molecular complexity index is 308. The Balaban J connectivity index is 5.48. The topological polar surface area (TPSA) is 82.1 Å². The maximum absolute atomic E-state index is 12.4. The molecule has 0 amide bonds. The fraction of sp³-hybridized carbons (Fsp3) is 0.867. The van der Waals surface area contributed by atoms with Crippen molar-refractivity contribution in [3.8, 4) is 0 Å². The van der Waals surface area contributed by atoms with Gasteiger partial charge < -0.3 is 19.3 Å². The molecule has 0 aliphatic carbocycles. The van der Waals surface area contributed by atoms with Gasteiger partial charge in [-0.15, -0.1) is 0 Å². The lowest BCUT2D eigenvalue weighted by Gasteiger charge is -2.32. The molecule has 0 fully saturated rings. The number of rotatable bonds is 10. The van der Waals surface area contributed by atoms with Crippen LogP contribution in [0.2, 0.25) is 0 Å². The highest BCUT2D eigenvalue weighted by molar-refractivity contribution is 6.00. The van der Waals surface area contributed by atoms with Crippen LogP contribution in [0.25, 0.3) is 0 Å². The summed E-state index contributed by atoms with van der Waals surface area (Å²) in [5.74, 6) is -1.23. The van der Waals surface area contributed by atoms with Gasteiger partial charge in [-0.3, -0.25) is 9.59 Å². The number of ether oxygens (including phenoxy) is 3. The van der Waals surface area contributed by atoms with Crippen molar-refractivity contribution in [3.63, 3.8) is 0 Å². The van der Waals surface area contributed by atoms with Crippen LogP contribution >= 0.6 is 0 Å². The molecule has 6 heteroatoms. The standard InChI is InChI=1S/C15H28O6/c1-6-20-13(17)15(8-11(3)4,14(18)21-7-2)9-12(16)10-19-5/h11-12,16H,6-10H2,1-5H3. The van der Waals surface area contributed by atoms with Crippen molar-refractivity contribution in [2.45, 2.75) is 46.6 Å². The van der Waals surface area contributed by atoms with Crippen LogP contribution in [0.3, 0.4) is 0 Å². The van der Waals surface area contributed by atoms with Crippen molar-refractivity contribution < 1.29 is 28.9 Å². The highest BCUT2D eigenvalue weighted by atomic mass is 16.6. The molecule has 0 aliphatic rings. The molecule has 0 aromatic heterocycles. The molecule has 1 unspecified atom stereocenters. The highest BCUT2D eigenvalue weighted by Gasteiger charge is 2.50. The monoisotopic (exact) mass is 304 g/mol. The van der Waals surface area contributed by atoms with Gasteiger partial charge in [-0.2, -0.15) is 0 Å². The fourth-order valence-corrected chi connectivity index (χ4v) is 2.39. The van der Waals surface area contributed by atoms with E-state index in [1.807, 2.05) is 13.8 Å². The van der Waals surface area contributed by atoms with Crippen molar-refractivity contribution in [2.24, 2.45) is 11.3 Å². The Kier molecular flexibility index (Phi) is 9.21. The number of carbonyl (C=O) groups is 2. The zero-order chi connectivity index (χ0) is 16.5. The van der Waals surface area contributed by atoms with Crippen LogP contribution in [0, 0.1) is 11.3 Å². The molecule has 6 nitrogen and oxygen atoms in total. The molecule has 1 N–H and O–H groups in total. The van der Waals surface area contributed by atoms with Gasteiger partial charge in [0.1, 0.15) is 0 Å². The van der Waals surface area contributed by atoms with E-state index in [-0.39, 0.29) is 38.6 Å². The molecule has 0 bridgehead atoms. The summed E-state index contributed by atoms with van der Waals surface area (Å²) in [6.07, 6.45) is -0.759. The van der Waals surface area contributed by atoms with Crippen LogP contribution in [0.1, 0.15) is 40.5 Å². The minimum atomic E-state index is -1.49. The number of esters is 2. The van der Waals surface area contributed by atoms with Gasteiger partial charge in [-0.1, -0.05) is 13.8 Å². The van der Waals surface area contributed by atoms with Crippen LogP contribution < -0.4 is 0 Å². The van der Waals surface area contributed by atoms with Crippen molar-refractivity contribution >= 4 is 11.9 Å². The van der Waals surface area contributed by atoms with Crippen LogP contribution in [0.4, 0.5) is 0 Å². The summed E-state index contributed by atoms with van der Waals surface area (Å²) >= 11 is 0. The van der Waals surface area contributed by atoms with E-state index in [1.54, 1.807) is 13.8 Å². The number of carbonyl (C=O) groups excluding carboxylic acids is 2. The Labute approximate surface area is 126 Å². The van der Waals surface area contributed by atoms with E-state index in [0.717, 1.165) is 0 Å². The second-order valence-electron chi connectivity index (χ2n) is 5.43. The Morgan fingerprint density at radius 2 is 1.52 bits per heavy atom. The number of aliphatic hydroxyl groups is 1. The Hall–Kier alpha value is -1.14. The molecular weight excluding hydrogens is 276 g/mol. The minimum absolute atomic E-state index is 0.0403. The lowest BCUT2D eigenvalue weighted by atomic mass is 9.75. The highest BCUT2D eigenvalue weighted by Crippen LogP contribution is 2.35. The summed E-state index contributed by atoms with van der Waals surface area (Å²) in [5, 5.41) is 9.99. The maximum atomic E-state index is 12.4. The zero-order valence-corrected chi connectivity index (χ0v) is 13.7. The first-order valence-corrected chi connectivity index (χ1v) is 7.35. The predicted octanol–water partition coefficient (Wildman–Crippen LogP) is 1.54. The molecule has 0 rings (SSSR count). The summed E-state index contributed by atoms with van der Waals surface area (Å²) < 4.78 is 15.0. The largest absolute Gasteiger partial charge is 0.465 e. The molecule has 124 valence electrons. The first-order chi connectivity index (χ1) is 9.83. The summed E-state index contributed by atoms with van der Waals surface area (Å²) in [5.41, 5.74) is -1.49. The van der Waals surface area contributed by atoms with Gasteiger partial charge in [0.2, 0.25) is 0 Å². The third kappa shape index (κ3) is 6.01. The summed E-state index contributed by atoms with van der Waals surface area (Å²) in [4.78, 5) is 24.8. The first-order valence-electron chi connectivity index (χ1n) is 7.35. The fourth-order valence-electron chi connectivity index (χ4n) is 2.39. The average molecular weight is 304 g/mol. The molecule has 0 radical (unpaired) electrons. The van der Waals surface area contributed by atoms with E-state index >= 15 is 0 Å². The predicted molar refractivity (Wildman–Crippen MR) is 77.7 cm³/mol. The van der Waals surface area contributed by atoms with Crippen molar-refractivity contribution in [1.82, 2.24) is 0 Å². The van der Waals surface area contributed by atoms with Gasteiger partial charge in [0.25, 0.3) is 0 Å². The molecule has 0 heterocycles. The van der Waals surface area contributed by atoms with Crippen molar-refractivity contribution in [1.29, 1.82) is 0 Å². The summed E-state index contributed by atoms with van der Waals surface area (Å²) in [7, 11) is 1.45. The van der Waals surface area contributed by atoms with Gasteiger partial charge in [-0.05, 0) is 26.2 Å². The second kappa shape index (κ2) is 9.73. The quantitative estimate of drug-likeness (QED) is 0.487. The van der Waals surface area contributed by atoms with Gasteiger partial charge >= 0.3 is 11.9 Å². The second-order valence-corrected chi connectivity index (χ2v) is 5.43. The van der Waals surface area contributed by atoms with Crippen LogP contribution in [0.15, 0.2) is 0 Å². The van der Waals surface area contributed by atoms with Crippen molar-refractivity contribution in [2.75, 3.05) is 26.9 Å². The number of methoxy groups -OCH3 is 1. The smallest absolute Gasteiger partial charge is 0.323 e. The summed E-state index contributed by atoms with van der Waals surface area (Å²) in [6, 6.07) is 0. The van der Waals surface area contributed by atoms with E-state index in [0.29, 0.717) is 0 Å².